The molecule has 1 aliphatic rings. The first kappa shape index (κ1) is 19.1. The van der Waals surface area contributed by atoms with Crippen LogP contribution in [0.5, 0.6) is 0 Å². The van der Waals surface area contributed by atoms with Gasteiger partial charge in [0.25, 0.3) is 0 Å². The van der Waals surface area contributed by atoms with E-state index in [1.54, 1.807) is 47.4 Å². The summed E-state index contributed by atoms with van der Waals surface area (Å²) < 4.78 is 29.6. The number of nitriles is 1. The maximum Gasteiger partial charge on any atom is 0.141 e. The van der Waals surface area contributed by atoms with Crippen LogP contribution in [-0.4, -0.2) is 19.6 Å². The standard InChI is InChI=1S/C24H16F2N4O/c25-18-6-8-21(29-12-18)16-2-4-17(5-3-16)24(31)10-22(30-14-28-13-23(24)30)19-7-1-15(11-27)9-20(19)26/h1-9,12-14,22,31H,10H2/t22-,24+/m1/s1. The van der Waals surface area contributed by atoms with Crippen molar-refractivity contribution in [2.45, 2.75) is 18.1 Å². The monoisotopic (exact) mass is 414 g/mol. The second-order valence-electron chi connectivity index (χ2n) is 7.55. The maximum absolute atomic E-state index is 14.7. The van der Waals surface area contributed by atoms with E-state index in [0.29, 0.717) is 22.5 Å². The second kappa shape index (κ2) is 7.11. The molecule has 2 aromatic carbocycles. The van der Waals surface area contributed by atoms with Gasteiger partial charge in [0, 0.05) is 17.5 Å². The van der Waals surface area contributed by atoms with Crippen molar-refractivity contribution in [2.24, 2.45) is 0 Å². The van der Waals surface area contributed by atoms with Gasteiger partial charge < -0.3 is 9.67 Å². The molecule has 5 nitrogen and oxygen atoms in total. The van der Waals surface area contributed by atoms with Crippen LogP contribution in [0.25, 0.3) is 11.3 Å². The smallest absolute Gasteiger partial charge is 0.141 e. The van der Waals surface area contributed by atoms with Crippen LogP contribution in [-0.2, 0) is 5.60 Å². The number of benzene rings is 2. The third kappa shape index (κ3) is 3.09. The number of rotatable bonds is 3. The third-order valence-corrected chi connectivity index (χ3v) is 5.79. The summed E-state index contributed by atoms with van der Waals surface area (Å²) in [6.07, 6.45) is 4.54. The molecule has 0 unspecified atom stereocenters. The van der Waals surface area contributed by atoms with Crippen molar-refractivity contribution in [3.8, 4) is 17.3 Å². The van der Waals surface area contributed by atoms with Crippen molar-refractivity contribution in [2.75, 3.05) is 0 Å². The van der Waals surface area contributed by atoms with E-state index in [2.05, 4.69) is 9.97 Å². The first-order valence-electron chi connectivity index (χ1n) is 9.66. The van der Waals surface area contributed by atoms with Crippen LogP contribution in [0.3, 0.4) is 0 Å². The number of halogens is 2. The Kier molecular flexibility index (Phi) is 4.38. The fraction of sp³-hybridized carbons (Fsp3) is 0.125. The van der Waals surface area contributed by atoms with E-state index < -0.39 is 23.3 Å². The normalized spacial score (nSPS) is 19.7. The summed E-state index contributed by atoms with van der Waals surface area (Å²) in [5, 5.41) is 20.6. The minimum atomic E-state index is -1.36. The number of aliphatic hydroxyl groups is 1. The molecule has 0 fully saturated rings. The topological polar surface area (TPSA) is 74.7 Å². The molecule has 31 heavy (non-hydrogen) atoms. The number of nitrogens with zero attached hydrogens (tertiary/aromatic N) is 4. The van der Waals surface area contributed by atoms with E-state index in [0.717, 1.165) is 11.8 Å². The van der Waals surface area contributed by atoms with Crippen molar-refractivity contribution < 1.29 is 13.9 Å². The molecule has 1 aliphatic heterocycles. The van der Waals surface area contributed by atoms with Gasteiger partial charge in [-0.1, -0.05) is 30.3 Å². The molecular formula is C24H16F2N4O. The molecule has 0 bridgehead atoms. The lowest BCUT2D eigenvalue weighted by atomic mass is 9.86. The van der Waals surface area contributed by atoms with Gasteiger partial charge >= 0.3 is 0 Å². The number of aromatic nitrogens is 3. The van der Waals surface area contributed by atoms with Gasteiger partial charge in [-0.2, -0.15) is 5.26 Å². The van der Waals surface area contributed by atoms with Gasteiger partial charge in [-0.3, -0.25) is 4.98 Å². The number of imidazole rings is 1. The van der Waals surface area contributed by atoms with Crippen LogP contribution in [0.1, 0.15) is 34.8 Å². The number of fused-ring (bicyclic) bond motifs is 1. The Morgan fingerprint density at radius 2 is 1.87 bits per heavy atom. The highest BCUT2D eigenvalue weighted by Gasteiger charge is 2.45. The van der Waals surface area contributed by atoms with Crippen molar-refractivity contribution in [3.63, 3.8) is 0 Å². The summed E-state index contributed by atoms with van der Waals surface area (Å²) in [4.78, 5) is 8.24. The third-order valence-electron chi connectivity index (χ3n) is 5.79. The van der Waals surface area contributed by atoms with Gasteiger partial charge in [0.05, 0.1) is 47.8 Å². The van der Waals surface area contributed by atoms with E-state index in [-0.39, 0.29) is 12.0 Å². The van der Waals surface area contributed by atoms with Gasteiger partial charge in [0.2, 0.25) is 0 Å². The quantitative estimate of drug-likeness (QED) is 0.542. The van der Waals surface area contributed by atoms with Crippen LogP contribution < -0.4 is 0 Å². The lowest BCUT2D eigenvalue weighted by Gasteiger charge is -2.23. The Hall–Kier alpha value is -3.89. The zero-order valence-corrected chi connectivity index (χ0v) is 16.2. The summed E-state index contributed by atoms with van der Waals surface area (Å²) in [6.45, 7) is 0. The van der Waals surface area contributed by atoms with E-state index in [1.807, 2.05) is 18.2 Å². The van der Waals surface area contributed by atoms with E-state index in [1.165, 1.54) is 12.1 Å². The molecule has 3 heterocycles. The SMILES string of the molecule is N#Cc1ccc([C@H]2C[C@](O)(c3ccc(-c4ccc(F)cn4)cc3)c3cncn32)c(F)c1. The molecule has 0 spiro atoms. The Bertz CT molecular complexity index is 1310. The first-order chi connectivity index (χ1) is 15.0. The van der Waals surface area contributed by atoms with Gasteiger partial charge in [-0.25, -0.2) is 13.8 Å². The molecule has 0 aliphatic carbocycles. The molecule has 0 saturated heterocycles. The van der Waals surface area contributed by atoms with E-state index in [4.69, 9.17) is 5.26 Å². The molecule has 0 saturated carbocycles. The highest BCUT2D eigenvalue weighted by molar-refractivity contribution is 5.60. The van der Waals surface area contributed by atoms with Crippen LogP contribution in [0, 0.1) is 23.0 Å². The molecule has 1 N–H and O–H groups in total. The number of pyridine rings is 1. The largest absolute Gasteiger partial charge is 0.379 e. The van der Waals surface area contributed by atoms with Gasteiger partial charge in [-0.15, -0.1) is 0 Å². The maximum atomic E-state index is 14.7. The summed E-state index contributed by atoms with van der Waals surface area (Å²) in [7, 11) is 0. The summed E-state index contributed by atoms with van der Waals surface area (Å²) in [5.74, 6) is -0.902. The molecule has 0 amide bonds. The zero-order valence-electron chi connectivity index (χ0n) is 16.2. The molecule has 2 atom stereocenters. The lowest BCUT2D eigenvalue weighted by molar-refractivity contribution is 0.0792. The highest BCUT2D eigenvalue weighted by Crippen LogP contribution is 2.47. The predicted molar refractivity (Wildman–Crippen MR) is 109 cm³/mol. The average molecular weight is 414 g/mol. The van der Waals surface area contributed by atoms with Crippen LogP contribution >= 0.6 is 0 Å². The molecule has 7 heteroatoms. The first-order valence-corrected chi connectivity index (χ1v) is 9.66. The van der Waals surface area contributed by atoms with Crippen LogP contribution in [0.4, 0.5) is 8.78 Å². The Labute approximate surface area is 176 Å². The van der Waals surface area contributed by atoms with Gasteiger partial charge in [0.15, 0.2) is 0 Å². The van der Waals surface area contributed by atoms with Crippen LogP contribution in [0.15, 0.2) is 73.3 Å². The van der Waals surface area contributed by atoms with Gasteiger partial charge in [0.1, 0.15) is 17.2 Å². The van der Waals surface area contributed by atoms with E-state index >= 15 is 0 Å². The van der Waals surface area contributed by atoms with E-state index in [9.17, 15) is 13.9 Å². The average Bonchev–Trinajstić information content (AvgIpc) is 3.38. The molecule has 152 valence electrons. The van der Waals surface area contributed by atoms with Crippen molar-refractivity contribution in [3.05, 3.63) is 107 Å². The Morgan fingerprint density at radius 3 is 2.55 bits per heavy atom. The number of hydrogen-bond donors (Lipinski definition) is 1. The molecule has 0 radical (unpaired) electrons. The zero-order chi connectivity index (χ0) is 21.6. The fourth-order valence-electron chi connectivity index (χ4n) is 4.21. The Morgan fingerprint density at radius 1 is 1.06 bits per heavy atom. The fourth-order valence-corrected chi connectivity index (χ4v) is 4.21. The molecule has 5 rings (SSSR count). The van der Waals surface area contributed by atoms with Crippen molar-refractivity contribution >= 4 is 0 Å². The van der Waals surface area contributed by atoms with Crippen molar-refractivity contribution in [1.29, 1.82) is 5.26 Å². The summed E-state index contributed by atoms with van der Waals surface area (Å²) >= 11 is 0. The minimum absolute atomic E-state index is 0.224. The van der Waals surface area contributed by atoms with Gasteiger partial charge in [-0.05, 0) is 29.8 Å². The minimum Gasteiger partial charge on any atom is -0.379 e. The van der Waals surface area contributed by atoms with Crippen molar-refractivity contribution in [1.82, 2.24) is 14.5 Å². The molecule has 2 aromatic heterocycles. The Balaban J connectivity index is 1.52. The second-order valence-corrected chi connectivity index (χ2v) is 7.55. The van der Waals surface area contributed by atoms with Crippen LogP contribution in [0.2, 0.25) is 0 Å². The summed E-state index contributed by atoms with van der Waals surface area (Å²) in [6, 6.07) is 15.9. The summed E-state index contributed by atoms with van der Waals surface area (Å²) in [5.41, 5.74) is 1.87. The predicted octanol–water partition coefficient (Wildman–Crippen LogP) is 4.32. The lowest BCUT2D eigenvalue weighted by Crippen LogP contribution is -2.24. The molecular weight excluding hydrogens is 398 g/mol. The highest BCUT2D eigenvalue weighted by atomic mass is 19.1. The molecule has 4 aromatic rings. The number of hydrogen-bond acceptors (Lipinski definition) is 4.